The Morgan fingerprint density at radius 3 is 2.43 bits per heavy atom. The molecule has 1 amide bonds. The van der Waals surface area contributed by atoms with E-state index >= 15 is 0 Å². The van der Waals surface area contributed by atoms with E-state index in [2.05, 4.69) is 22.5 Å². The molecule has 0 radical (unpaired) electrons. The SMILES string of the molecule is CCC(=O)Nc1ccc(C(C)NCc2ccncc2)cc1. The first kappa shape index (κ1) is 15.2. The Hall–Kier alpha value is -2.20. The van der Waals surface area contributed by atoms with Gasteiger partial charge in [0.2, 0.25) is 5.91 Å². The number of pyridine rings is 1. The lowest BCUT2D eigenvalue weighted by molar-refractivity contribution is -0.115. The number of amides is 1. The van der Waals surface area contributed by atoms with Gasteiger partial charge < -0.3 is 10.6 Å². The molecule has 1 aromatic heterocycles. The zero-order valence-corrected chi connectivity index (χ0v) is 12.5. The standard InChI is InChI=1S/C17H21N3O/c1-3-17(21)20-16-6-4-15(5-7-16)13(2)19-12-14-8-10-18-11-9-14/h4-11,13,19H,3,12H2,1-2H3,(H,20,21). The summed E-state index contributed by atoms with van der Waals surface area (Å²) in [6.45, 7) is 4.77. The molecule has 4 heteroatoms. The Morgan fingerprint density at radius 2 is 1.81 bits per heavy atom. The normalized spacial score (nSPS) is 11.9. The van der Waals surface area contributed by atoms with Crippen LogP contribution >= 0.6 is 0 Å². The molecule has 21 heavy (non-hydrogen) atoms. The fourth-order valence-electron chi connectivity index (χ4n) is 1.99. The number of benzene rings is 1. The fourth-order valence-corrected chi connectivity index (χ4v) is 1.99. The number of aromatic nitrogens is 1. The molecule has 1 atom stereocenters. The molecule has 2 N–H and O–H groups in total. The molecular weight excluding hydrogens is 262 g/mol. The number of anilines is 1. The smallest absolute Gasteiger partial charge is 0.224 e. The Balaban J connectivity index is 1.90. The van der Waals surface area contributed by atoms with Crippen molar-refractivity contribution in [2.75, 3.05) is 5.32 Å². The van der Waals surface area contributed by atoms with E-state index in [-0.39, 0.29) is 11.9 Å². The van der Waals surface area contributed by atoms with Crippen LogP contribution in [0.1, 0.15) is 37.4 Å². The highest BCUT2D eigenvalue weighted by Gasteiger charge is 2.05. The summed E-state index contributed by atoms with van der Waals surface area (Å²) in [4.78, 5) is 15.3. The largest absolute Gasteiger partial charge is 0.326 e. The third-order valence-electron chi connectivity index (χ3n) is 3.38. The summed E-state index contributed by atoms with van der Waals surface area (Å²) in [6, 6.07) is 12.2. The number of hydrogen-bond donors (Lipinski definition) is 2. The Labute approximate surface area is 125 Å². The van der Waals surface area contributed by atoms with Crippen molar-refractivity contribution < 1.29 is 4.79 Å². The second-order valence-electron chi connectivity index (χ2n) is 4.98. The van der Waals surface area contributed by atoms with Gasteiger partial charge in [0.25, 0.3) is 0 Å². The maximum absolute atomic E-state index is 11.3. The summed E-state index contributed by atoms with van der Waals surface area (Å²) in [6.07, 6.45) is 4.09. The van der Waals surface area contributed by atoms with E-state index in [1.165, 1.54) is 11.1 Å². The summed E-state index contributed by atoms with van der Waals surface area (Å²) in [5, 5.41) is 6.32. The molecule has 0 aliphatic heterocycles. The molecule has 0 aliphatic carbocycles. The fraction of sp³-hybridized carbons (Fsp3) is 0.294. The number of carbonyl (C=O) groups excluding carboxylic acids is 1. The van der Waals surface area contributed by atoms with E-state index in [1.807, 2.05) is 43.3 Å². The monoisotopic (exact) mass is 283 g/mol. The second-order valence-corrected chi connectivity index (χ2v) is 4.98. The number of nitrogens with one attached hydrogen (secondary N) is 2. The minimum absolute atomic E-state index is 0.0339. The van der Waals surface area contributed by atoms with Crippen LogP contribution < -0.4 is 10.6 Å². The zero-order valence-electron chi connectivity index (χ0n) is 12.5. The summed E-state index contributed by atoms with van der Waals surface area (Å²) < 4.78 is 0. The minimum atomic E-state index is 0.0339. The molecular formula is C17H21N3O. The summed E-state index contributed by atoms with van der Waals surface area (Å²) in [7, 11) is 0. The summed E-state index contributed by atoms with van der Waals surface area (Å²) in [5.41, 5.74) is 3.24. The van der Waals surface area contributed by atoms with Gasteiger partial charge in [-0.25, -0.2) is 0 Å². The molecule has 1 unspecified atom stereocenters. The van der Waals surface area contributed by atoms with E-state index in [0.29, 0.717) is 6.42 Å². The van der Waals surface area contributed by atoms with Crippen molar-refractivity contribution in [1.82, 2.24) is 10.3 Å². The van der Waals surface area contributed by atoms with Crippen molar-refractivity contribution in [3.63, 3.8) is 0 Å². The topological polar surface area (TPSA) is 54.0 Å². The van der Waals surface area contributed by atoms with Crippen LogP contribution in [-0.2, 0) is 11.3 Å². The molecule has 0 saturated heterocycles. The van der Waals surface area contributed by atoms with Crippen LogP contribution in [0.4, 0.5) is 5.69 Å². The highest BCUT2D eigenvalue weighted by atomic mass is 16.1. The van der Waals surface area contributed by atoms with Crippen LogP contribution in [0.2, 0.25) is 0 Å². The molecule has 0 aliphatic rings. The first-order valence-corrected chi connectivity index (χ1v) is 7.21. The summed E-state index contributed by atoms with van der Waals surface area (Å²) in [5.74, 6) is 0.0339. The van der Waals surface area contributed by atoms with Crippen molar-refractivity contribution in [1.29, 1.82) is 0 Å². The van der Waals surface area contributed by atoms with Gasteiger partial charge in [-0.05, 0) is 42.3 Å². The third kappa shape index (κ3) is 4.68. The van der Waals surface area contributed by atoms with E-state index in [1.54, 1.807) is 12.4 Å². The molecule has 0 saturated carbocycles. The van der Waals surface area contributed by atoms with Gasteiger partial charge in [-0.2, -0.15) is 0 Å². The lowest BCUT2D eigenvalue weighted by Gasteiger charge is -2.15. The van der Waals surface area contributed by atoms with Gasteiger partial charge in [0.05, 0.1) is 0 Å². The Kier molecular flexibility index (Phi) is 5.46. The van der Waals surface area contributed by atoms with Gasteiger partial charge in [0, 0.05) is 37.1 Å². The molecule has 4 nitrogen and oxygen atoms in total. The minimum Gasteiger partial charge on any atom is -0.326 e. The van der Waals surface area contributed by atoms with Crippen molar-refractivity contribution in [2.24, 2.45) is 0 Å². The maximum atomic E-state index is 11.3. The number of hydrogen-bond acceptors (Lipinski definition) is 3. The van der Waals surface area contributed by atoms with Crippen LogP contribution in [0.5, 0.6) is 0 Å². The van der Waals surface area contributed by atoms with Crippen LogP contribution in [0.15, 0.2) is 48.8 Å². The molecule has 1 aromatic carbocycles. The van der Waals surface area contributed by atoms with Gasteiger partial charge in [0.1, 0.15) is 0 Å². The first-order chi connectivity index (χ1) is 10.2. The first-order valence-electron chi connectivity index (χ1n) is 7.21. The van der Waals surface area contributed by atoms with Crippen molar-refractivity contribution in [3.8, 4) is 0 Å². The third-order valence-corrected chi connectivity index (χ3v) is 3.38. The Bertz CT molecular complexity index is 566. The molecule has 0 spiro atoms. The van der Waals surface area contributed by atoms with Gasteiger partial charge in [-0.3, -0.25) is 9.78 Å². The molecule has 110 valence electrons. The van der Waals surface area contributed by atoms with E-state index in [9.17, 15) is 4.79 Å². The van der Waals surface area contributed by atoms with Gasteiger partial charge in [0.15, 0.2) is 0 Å². The maximum Gasteiger partial charge on any atom is 0.224 e. The van der Waals surface area contributed by atoms with Crippen molar-refractivity contribution in [2.45, 2.75) is 32.9 Å². The van der Waals surface area contributed by atoms with Gasteiger partial charge >= 0.3 is 0 Å². The Morgan fingerprint density at radius 1 is 1.14 bits per heavy atom. The molecule has 0 fully saturated rings. The van der Waals surface area contributed by atoms with Gasteiger partial charge in [-0.15, -0.1) is 0 Å². The zero-order chi connectivity index (χ0) is 15.1. The predicted molar refractivity (Wildman–Crippen MR) is 84.9 cm³/mol. The lowest BCUT2D eigenvalue weighted by Crippen LogP contribution is -2.18. The van der Waals surface area contributed by atoms with Crippen LogP contribution in [0.25, 0.3) is 0 Å². The predicted octanol–water partition coefficient (Wildman–Crippen LogP) is 3.28. The molecule has 0 bridgehead atoms. The molecule has 1 heterocycles. The van der Waals surface area contributed by atoms with Crippen LogP contribution in [-0.4, -0.2) is 10.9 Å². The second kappa shape index (κ2) is 7.55. The van der Waals surface area contributed by atoms with Crippen LogP contribution in [0.3, 0.4) is 0 Å². The van der Waals surface area contributed by atoms with Crippen molar-refractivity contribution in [3.05, 3.63) is 59.9 Å². The van der Waals surface area contributed by atoms with E-state index in [0.717, 1.165) is 12.2 Å². The van der Waals surface area contributed by atoms with Gasteiger partial charge in [-0.1, -0.05) is 19.1 Å². The van der Waals surface area contributed by atoms with Crippen molar-refractivity contribution >= 4 is 11.6 Å². The van der Waals surface area contributed by atoms with E-state index < -0.39 is 0 Å². The molecule has 2 rings (SSSR count). The number of nitrogens with zero attached hydrogens (tertiary/aromatic N) is 1. The molecule has 2 aromatic rings. The van der Waals surface area contributed by atoms with Crippen LogP contribution in [0, 0.1) is 0 Å². The average Bonchev–Trinajstić information content (AvgIpc) is 2.54. The summed E-state index contributed by atoms with van der Waals surface area (Å²) >= 11 is 0. The number of rotatable bonds is 6. The average molecular weight is 283 g/mol. The number of carbonyl (C=O) groups is 1. The lowest BCUT2D eigenvalue weighted by atomic mass is 10.1. The highest BCUT2D eigenvalue weighted by molar-refractivity contribution is 5.90. The quantitative estimate of drug-likeness (QED) is 0.855. The highest BCUT2D eigenvalue weighted by Crippen LogP contribution is 2.16. The van der Waals surface area contributed by atoms with E-state index in [4.69, 9.17) is 0 Å².